The molecule has 164 valence electrons. The molecule has 1 atom stereocenters. The van der Waals surface area contributed by atoms with Gasteiger partial charge in [0.15, 0.2) is 17.3 Å². The highest BCUT2D eigenvalue weighted by molar-refractivity contribution is 6.10. The van der Waals surface area contributed by atoms with E-state index < -0.39 is 5.92 Å². The first-order valence-electron chi connectivity index (χ1n) is 10.6. The average Bonchev–Trinajstić information content (AvgIpc) is 3.26. The Bertz CT molecular complexity index is 1180. The molecule has 5 rings (SSSR count). The van der Waals surface area contributed by atoms with Crippen LogP contribution >= 0.6 is 0 Å². The van der Waals surface area contributed by atoms with E-state index in [2.05, 4.69) is 10.6 Å². The van der Waals surface area contributed by atoms with E-state index >= 15 is 0 Å². The lowest BCUT2D eigenvalue weighted by Crippen LogP contribution is -2.35. The number of ether oxygens (including phenoxy) is 3. The highest BCUT2D eigenvalue weighted by Crippen LogP contribution is 2.45. The first kappa shape index (κ1) is 20.2. The van der Waals surface area contributed by atoms with Crippen LogP contribution in [0, 0.1) is 0 Å². The lowest BCUT2D eigenvalue weighted by molar-refractivity contribution is -0.116. The van der Waals surface area contributed by atoms with E-state index in [1.807, 2.05) is 37.3 Å². The monoisotopic (exact) mass is 432 g/mol. The Labute approximate surface area is 186 Å². The van der Waals surface area contributed by atoms with Gasteiger partial charge in [-0.1, -0.05) is 18.2 Å². The molecule has 0 saturated carbocycles. The number of nitrogens with one attached hydrogen (secondary N) is 2. The van der Waals surface area contributed by atoms with Crippen molar-refractivity contribution in [2.45, 2.75) is 32.1 Å². The summed E-state index contributed by atoms with van der Waals surface area (Å²) in [5, 5.41) is 6.31. The Kier molecular flexibility index (Phi) is 5.09. The summed E-state index contributed by atoms with van der Waals surface area (Å²) in [6.07, 6.45) is 2.05. The molecule has 0 aromatic heterocycles. The van der Waals surface area contributed by atoms with Gasteiger partial charge in [-0.3, -0.25) is 9.59 Å². The maximum absolute atomic E-state index is 13.6. The number of rotatable bonds is 4. The van der Waals surface area contributed by atoms with E-state index in [9.17, 15) is 9.59 Å². The van der Waals surface area contributed by atoms with E-state index in [0.29, 0.717) is 40.5 Å². The summed E-state index contributed by atoms with van der Waals surface area (Å²) in [7, 11) is 1.56. The minimum Gasteiger partial charge on any atom is -0.495 e. The number of carbonyl (C=O) groups excluding carboxylic acids is 2. The molecule has 3 aliphatic rings. The van der Waals surface area contributed by atoms with Gasteiger partial charge in [-0.15, -0.1) is 0 Å². The van der Waals surface area contributed by atoms with Crippen molar-refractivity contribution < 1.29 is 23.8 Å². The van der Waals surface area contributed by atoms with Crippen molar-refractivity contribution in [1.29, 1.82) is 0 Å². The molecule has 1 amide bonds. The lowest BCUT2D eigenvalue weighted by atomic mass is 9.75. The van der Waals surface area contributed by atoms with Crippen LogP contribution in [0.15, 0.2) is 65.0 Å². The van der Waals surface area contributed by atoms with Crippen molar-refractivity contribution in [3.8, 4) is 17.2 Å². The molecular weight excluding hydrogens is 408 g/mol. The van der Waals surface area contributed by atoms with E-state index in [-0.39, 0.29) is 18.5 Å². The van der Waals surface area contributed by atoms with Crippen molar-refractivity contribution in [3.05, 3.63) is 70.6 Å². The second-order valence-electron chi connectivity index (χ2n) is 8.03. The third-order valence-electron chi connectivity index (χ3n) is 6.11. The van der Waals surface area contributed by atoms with Gasteiger partial charge in [-0.2, -0.15) is 0 Å². The van der Waals surface area contributed by atoms with Crippen LogP contribution in [0.4, 0.5) is 5.69 Å². The molecule has 32 heavy (non-hydrogen) atoms. The predicted molar refractivity (Wildman–Crippen MR) is 119 cm³/mol. The molecule has 2 aliphatic heterocycles. The van der Waals surface area contributed by atoms with Crippen molar-refractivity contribution in [2.24, 2.45) is 0 Å². The standard InChI is InChI=1S/C25H24N2O5/c1-14-22(25(29)27-16-6-3-4-9-19(16)30-2)23(24-17(26-14)7-5-8-18(24)28)15-10-11-20-21(12-15)32-13-31-20/h3-4,6,9-12,23,26H,5,7-8,13H2,1-2H3,(H,27,29)/t23-/m1/s1. The van der Waals surface area contributed by atoms with Crippen molar-refractivity contribution >= 4 is 17.4 Å². The molecule has 2 heterocycles. The highest BCUT2D eigenvalue weighted by Gasteiger charge is 2.39. The molecule has 0 unspecified atom stereocenters. The number of hydrogen-bond acceptors (Lipinski definition) is 6. The number of Topliss-reactive ketones (excluding diaryl/α,β-unsaturated/α-hetero) is 1. The molecule has 0 fully saturated rings. The van der Waals surface area contributed by atoms with E-state index in [1.54, 1.807) is 19.2 Å². The van der Waals surface area contributed by atoms with Gasteiger partial charge < -0.3 is 24.8 Å². The Morgan fingerprint density at radius 1 is 1.12 bits per heavy atom. The summed E-state index contributed by atoms with van der Waals surface area (Å²) in [6.45, 7) is 2.04. The topological polar surface area (TPSA) is 85.9 Å². The number of dihydropyridines is 1. The first-order valence-corrected chi connectivity index (χ1v) is 10.6. The van der Waals surface area contributed by atoms with Crippen LogP contribution in [0.2, 0.25) is 0 Å². The van der Waals surface area contributed by atoms with Crippen LogP contribution in [0.5, 0.6) is 17.2 Å². The highest BCUT2D eigenvalue weighted by atomic mass is 16.7. The number of benzene rings is 2. The molecule has 2 aromatic carbocycles. The quantitative estimate of drug-likeness (QED) is 0.759. The van der Waals surface area contributed by atoms with Crippen molar-refractivity contribution in [1.82, 2.24) is 5.32 Å². The molecule has 7 nitrogen and oxygen atoms in total. The number of methoxy groups -OCH3 is 1. The summed E-state index contributed by atoms with van der Waals surface area (Å²) < 4.78 is 16.4. The maximum atomic E-state index is 13.6. The Balaban J connectivity index is 1.59. The Morgan fingerprint density at radius 2 is 1.94 bits per heavy atom. The molecule has 1 aliphatic carbocycles. The Hall–Kier alpha value is -3.74. The fourth-order valence-corrected chi connectivity index (χ4v) is 4.65. The van der Waals surface area contributed by atoms with Gasteiger partial charge in [0.25, 0.3) is 5.91 Å². The van der Waals surface area contributed by atoms with Gasteiger partial charge in [0.2, 0.25) is 6.79 Å². The van der Waals surface area contributed by atoms with Gasteiger partial charge in [-0.25, -0.2) is 0 Å². The van der Waals surface area contributed by atoms with Gasteiger partial charge in [-0.05, 0) is 49.6 Å². The minimum absolute atomic E-state index is 0.0662. The number of anilines is 1. The zero-order valence-electron chi connectivity index (χ0n) is 18.0. The molecule has 0 spiro atoms. The van der Waals surface area contributed by atoms with Crippen LogP contribution in [0.25, 0.3) is 0 Å². The maximum Gasteiger partial charge on any atom is 0.254 e. The summed E-state index contributed by atoms with van der Waals surface area (Å²) in [5.41, 5.74) is 4.18. The third-order valence-corrected chi connectivity index (χ3v) is 6.11. The zero-order valence-corrected chi connectivity index (χ0v) is 18.0. The molecule has 2 N–H and O–H groups in total. The minimum atomic E-state index is -0.497. The number of para-hydroxylation sites is 2. The van der Waals surface area contributed by atoms with E-state index in [4.69, 9.17) is 14.2 Å². The number of carbonyl (C=O) groups is 2. The van der Waals surface area contributed by atoms with Crippen molar-refractivity contribution in [2.75, 3.05) is 19.2 Å². The zero-order chi connectivity index (χ0) is 22.2. The van der Waals surface area contributed by atoms with Gasteiger partial charge in [0.05, 0.1) is 12.8 Å². The molecule has 7 heteroatoms. The normalized spacial score (nSPS) is 19.4. The summed E-state index contributed by atoms with van der Waals surface area (Å²) in [4.78, 5) is 26.6. The van der Waals surface area contributed by atoms with Crippen molar-refractivity contribution in [3.63, 3.8) is 0 Å². The van der Waals surface area contributed by atoms with Crippen LogP contribution in [-0.4, -0.2) is 25.6 Å². The molecule has 0 radical (unpaired) electrons. The van der Waals surface area contributed by atoms with Crippen LogP contribution < -0.4 is 24.8 Å². The molecule has 0 saturated heterocycles. The van der Waals surface area contributed by atoms with Crippen LogP contribution in [0.3, 0.4) is 0 Å². The van der Waals surface area contributed by atoms with Gasteiger partial charge >= 0.3 is 0 Å². The second kappa shape index (κ2) is 8.07. The molecule has 0 bridgehead atoms. The number of hydrogen-bond donors (Lipinski definition) is 2. The van der Waals surface area contributed by atoms with E-state index in [0.717, 1.165) is 29.8 Å². The van der Waals surface area contributed by atoms with Gasteiger partial charge in [0.1, 0.15) is 5.75 Å². The summed E-state index contributed by atoms with van der Waals surface area (Å²) >= 11 is 0. The smallest absolute Gasteiger partial charge is 0.254 e. The predicted octanol–water partition coefficient (Wildman–Crippen LogP) is 4.03. The molecular formula is C25H24N2O5. The lowest BCUT2D eigenvalue weighted by Gasteiger charge is -2.34. The third kappa shape index (κ3) is 3.39. The van der Waals surface area contributed by atoms with E-state index in [1.165, 1.54) is 0 Å². The fourth-order valence-electron chi connectivity index (χ4n) is 4.65. The summed E-state index contributed by atoms with van der Waals surface area (Å²) in [5.74, 6) is 1.13. The van der Waals surface area contributed by atoms with Crippen LogP contribution in [-0.2, 0) is 9.59 Å². The number of ketones is 1. The number of fused-ring (bicyclic) bond motifs is 1. The summed E-state index contributed by atoms with van der Waals surface area (Å²) in [6, 6.07) is 12.9. The van der Waals surface area contributed by atoms with Gasteiger partial charge in [0, 0.05) is 34.9 Å². The first-order chi connectivity index (χ1) is 15.6. The Morgan fingerprint density at radius 3 is 2.78 bits per heavy atom. The number of allylic oxidation sites excluding steroid dienone is 3. The fraction of sp³-hybridized carbons (Fsp3) is 0.280. The number of amides is 1. The largest absolute Gasteiger partial charge is 0.495 e. The average molecular weight is 432 g/mol. The SMILES string of the molecule is COc1ccccc1NC(=O)C1=C(C)NC2=C(C(=O)CCC2)[C@@H]1c1ccc2c(c1)OCO2. The van der Waals surface area contributed by atoms with Crippen LogP contribution in [0.1, 0.15) is 37.7 Å². The molecule has 2 aromatic rings. The second-order valence-corrected chi connectivity index (χ2v) is 8.03.